The van der Waals surface area contributed by atoms with E-state index in [4.69, 9.17) is 5.11 Å². The average molecular weight is 322 g/mol. The molecular formula is C9H4F6O4S. The van der Waals surface area contributed by atoms with Gasteiger partial charge in [-0.15, -0.1) is 26.3 Å². The Kier molecular flexibility index (Phi) is 4.44. The van der Waals surface area contributed by atoms with Gasteiger partial charge >= 0.3 is 17.8 Å². The summed E-state index contributed by atoms with van der Waals surface area (Å²) in [5.41, 5.74) is -6.16. The Labute approximate surface area is 110 Å². The maximum Gasteiger partial charge on any atom is 0.578 e. The Balaban J connectivity index is 3.28. The number of rotatable bonds is 3. The molecule has 0 saturated heterocycles. The van der Waals surface area contributed by atoms with Gasteiger partial charge in [-0.1, -0.05) is 0 Å². The van der Waals surface area contributed by atoms with Crippen LogP contribution in [0.15, 0.2) is 23.1 Å². The molecule has 0 bridgehead atoms. The van der Waals surface area contributed by atoms with Gasteiger partial charge in [0.2, 0.25) is 0 Å². The molecule has 0 aromatic heterocycles. The molecule has 0 aliphatic carbocycles. The molecule has 0 amide bonds. The Hall–Kier alpha value is -1.62. The molecule has 11 heteroatoms. The van der Waals surface area contributed by atoms with E-state index in [1.807, 2.05) is 0 Å². The van der Waals surface area contributed by atoms with E-state index in [-0.39, 0.29) is 6.07 Å². The zero-order chi connectivity index (χ0) is 15.7. The third kappa shape index (κ3) is 4.49. The van der Waals surface area contributed by atoms with Crippen molar-refractivity contribution in [3.05, 3.63) is 23.8 Å². The average Bonchev–Trinajstić information content (AvgIpc) is 2.23. The van der Waals surface area contributed by atoms with Crippen LogP contribution in [0.3, 0.4) is 0 Å². The molecule has 1 rings (SSSR count). The normalized spacial score (nSPS) is 13.9. The highest BCUT2D eigenvalue weighted by atomic mass is 32.2. The largest absolute Gasteiger partial charge is 0.604 e. The zero-order valence-electron chi connectivity index (χ0n) is 9.08. The first kappa shape index (κ1) is 16.4. The summed E-state index contributed by atoms with van der Waals surface area (Å²) in [6, 6.07) is 0.936. The smallest absolute Gasteiger partial charge is 0.578 e. The van der Waals surface area contributed by atoms with Gasteiger partial charge in [-0.05, 0) is 6.07 Å². The van der Waals surface area contributed by atoms with E-state index in [0.29, 0.717) is 12.1 Å². The Morgan fingerprint density at radius 1 is 1.15 bits per heavy atom. The highest BCUT2D eigenvalue weighted by Crippen LogP contribution is 2.34. The summed E-state index contributed by atoms with van der Waals surface area (Å²) in [4.78, 5) is 9.47. The number of ether oxygens (including phenoxy) is 1. The number of hydrogen-bond acceptors (Lipinski definition) is 3. The number of alkyl halides is 6. The number of carboxylic acids is 1. The van der Waals surface area contributed by atoms with E-state index in [1.54, 1.807) is 0 Å². The van der Waals surface area contributed by atoms with Crippen LogP contribution in [0.5, 0.6) is 5.75 Å². The van der Waals surface area contributed by atoms with E-state index < -0.39 is 45.2 Å². The molecule has 20 heavy (non-hydrogen) atoms. The molecule has 0 aliphatic rings. The lowest BCUT2D eigenvalue weighted by Crippen LogP contribution is -2.24. The van der Waals surface area contributed by atoms with Crippen LogP contribution in [0.2, 0.25) is 0 Å². The first-order valence-corrected chi connectivity index (χ1v) is 5.68. The van der Waals surface area contributed by atoms with Crippen molar-refractivity contribution in [2.24, 2.45) is 0 Å². The van der Waals surface area contributed by atoms with Gasteiger partial charge in [0.1, 0.15) is 5.75 Å². The molecule has 112 valence electrons. The third-order valence-electron chi connectivity index (χ3n) is 1.78. The van der Waals surface area contributed by atoms with Gasteiger partial charge in [0, 0.05) is 12.1 Å². The summed E-state index contributed by atoms with van der Waals surface area (Å²) in [5.74, 6) is -3.00. The second-order valence-corrected chi connectivity index (χ2v) is 4.73. The van der Waals surface area contributed by atoms with Crippen LogP contribution in [-0.2, 0) is 11.2 Å². The van der Waals surface area contributed by atoms with Crippen LogP contribution in [0.4, 0.5) is 26.3 Å². The van der Waals surface area contributed by atoms with Crippen LogP contribution in [0.25, 0.3) is 0 Å². The molecule has 1 atom stereocenters. The second kappa shape index (κ2) is 5.40. The van der Waals surface area contributed by atoms with Crippen molar-refractivity contribution in [3.63, 3.8) is 0 Å². The molecule has 1 unspecified atom stereocenters. The number of aromatic carboxylic acids is 1. The van der Waals surface area contributed by atoms with Gasteiger partial charge in [-0.3, -0.25) is 0 Å². The van der Waals surface area contributed by atoms with Crippen molar-refractivity contribution >= 4 is 17.1 Å². The summed E-state index contributed by atoms with van der Waals surface area (Å²) in [6.07, 6.45) is -5.23. The maximum absolute atomic E-state index is 12.2. The van der Waals surface area contributed by atoms with Crippen molar-refractivity contribution in [2.45, 2.75) is 16.8 Å². The molecule has 0 spiro atoms. The topological polar surface area (TPSA) is 69.6 Å². The fourth-order valence-electron chi connectivity index (χ4n) is 1.13. The predicted molar refractivity (Wildman–Crippen MR) is 52.5 cm³/mol. The first-order valence-electron chi connectivity index (χ1n) is 4.53. The third-order valence-corrected chi connectivity index (χ3v) is 2.87. The standard InChI is InChI=1S/C9H4F6O4S/c10-8(11,12)19-5-1-4(7(16)17)2-6(3-5)20(18)9(13,14)15/h1-3H,(H,16,17). The van der Waals surface area contributed by atoms with Gasteiger partial charge in [0.25, 0.3) is 0 Å². The summed E-state index contributed by atoms with van der Waals surface area (Å²) >= 11 is -3.68. The van der Waals surface area contributed by atoms with Crippen LogP contribution < -0.4 is 4.74 Å². The van der Waals surface area contributed by atoms with Gasteiger partial charge in [-0.2, -0.15) is 0 Å². The first-order chi connectivity index (χ1) is 8.90. The number of carbonyl (C=O) groups is 1. The van der Waals surface area contributed by atoms with E-state index in [2.05, 4.69) is 4.74 Å². The summed E-state index contributed by atoms with van der Waals surface area (Å²) in [5, 5.41) is 8.60. The lowest BCUT2D eigenvalue weighted by Gasteiger charge is -2.14. The number of hydrogen-bond donors (Lipinski definition) is 1. The number of carboxylic acid groups (broad SMARTS) is 1. The van der Waals surface area contributed by atoms with Crippen molar-refractivity contribution in [3.8, 4) is 5.75 Å². The highest BCUT2D eigenvalue weighted by molar-refractivity contribution is 7.92. The van der Waals surface area contributed by atoms with Gasteiger partial charge < -0.3 is 14.4 Å². The van der Waals surface area contributed by atoms with E-state index >= 15 is 0 Å². The lowest BCUT2D eigenvalue weighted by molar-refractivity contribution is -0.274. The molecule has 1 N–H and O–H groups in total. The summed E-state index contributed by atoms with van der Waals surface area (Å²) in [6.45, 7) is 0. The number of halogens is 6. The van der Waals surface area contributed by atoms with Crippen molar-refractivity contribution in [1.29, 1.82) is 0 Å². The minimum atomic E-state index is -5.24. The van der Waals surface area contributed by atoms with Gasteiger partial charge in [-0.25, -0.2) is 4.79 Å². The highest BCUT2D eigenvalue weighted by Gasteiger charge is 2.46. The summed E-state index contributed by atoms with van der Waals surface area (Å²) < 4.78 is 86.9. The van der Waals surface area contributed by atoms with Crippen molar-refractivity contribution < 1.29 is 45.5 Å². The van der Waals surface area contributed by atoms with E-state index in [1.165, 1.54) is 0 Å². The molecule has 0 fully saturated rings. The van der Waals surface area contributed by atoms with Crippen LogP contribution in [0, 0.1) is 0 Å². The molecule has 1 aromatic carbocycles. The van der Waals surface area contributed by atoms with Crippen molar-refractivity contribution in [2.75, 3.05) is 0 Å². The monoisotopic (exact) mass is 322 g/mol. The molecular weight excluding hydrogens is 318 g/mol. The molecule has 0 aliphatic heterocycles. The Bertz CT molecular complexity index is 512. The zero-order valence-corrected chi connectivity index (χ0v) is 9.90. The van der Waals surface area contributed by atoms with Gasteiger partial charge in [0.15, 0.2) is 4.90 Å². The van der Waals surface area contributed by atoms with Crippen LogP contribution >= 0.6 is 0 Å². The summed E-state index contributed by atoms with van der Waals surface area (Å²) in [7, 11) is 0. The maximum atomic E-state index is 12.2. The van der Waals surface area contributed by atoms with Crippen LogP contribution in [-0.4, -0.2) is 27.5 Å². The fraction of sp³-hybridized carbons (Fsp3) is 0.222. The second-order valence-electron chi connectivity index (χ2n) is 3.26. The van der Waals surface area contributed by atoms with Gasteiger partial charge in [0.05, 0.1) is 16.7 Å². The Morgan fingerprint density at radius 3 is 2.10 bits per heavy atom. The Morgan fingerprint density at radius 2 is 1.70 bits per heavy atom. The minimum Gasteiger partial charge on any atom is -0.604 e. The van der Waals surface area contributed by atoms with Crippen molar-refractivity contribution in [1.82, 2.24) is 0 Å². The molecule has 0 saturated carbocycles. The minimum absolute atomic E-state index is 0.212. The lowest BCUT2D eigenvalue weighted by atomic mass is 10.2. The SMILES string of the molecule is O=C(O)c1cc(OC(F)(F)F)cc([S+]([O-])C(F)(F)F)c1. The number of benzene rings is 1. The molecule has 1 aromatic rings. The van der Waals surface area contributed by atoms with E-state index in [0.717, 1.165) is 0 Å². The molecule has 4 nitrogen and oxygen atoms in total. The molecule has 0 heterocycles. The quantitative estimate of drug-likeness (QED) is 0.686. The molecule has 0 radical (unpaired) electrons. The van der Waals surface area contributed by atoms with Crippen LogP contribution in [0.1, 0.15) is 10.4 Å². The predicted octanol–water partition coefficient (Wildman–Crippen LogP) is 2.91. The fourth-order valence-corrected chi connectivity index (χ4v) is 1.85. The van der Waals surface area contributed by atoms with E-state index in [9.17, 15) is 35.7 Å².